The van der Waals surface area contributed by atoms with E-state index in [4.69, 9.17) is 23.2 Å². The van der Waals surface area contributed by atoms with Gasteiger partial charge in [-0.15, -0.1) is 0 Å². The lowest BCUT2D eigenvalue weighted by atomic mass is 10.2. The molecule has 0 aliphatic rings. The fourth-order valence-corrected chi connectivity index (χ4v) is 1.57. The molecule has 3 nitrogen and oxygen atoms in total. The lowest BCUT2D eigenvalue weighted by Crippen LogP contribution is -1.89. The Morgan fingerprint density at radius 3 is 2.92 bits per heavy atom. The SMILES string of the molecule is O=C(Cl)c1n[nH]c2cccc(Cl)c12. The van der Waals surface area contributed by atoms with E-state index in [9.17, 15) is 4.79 Å². The number of rotatable bonds is 1. The molecule has 0 saturated carbocycles. The Kier molecular flexibility index (Phi) is 1.98. The molecule has 2 rings (SSSR count). The summed E-state index contributed by atoms with van der Waals surface area (Å²) in [5.74, 6) is 0. The Morgan fingerprint density at radius 1 is 1.46 bits per heavy atom. The van der Waals surface area contributed by atoms with E-state index in [1.165, 1.54) is 0 Å². The van der Waals surface area contributed by atoms with Gasteiger partial charge in [0.25, 0.3) is 5.24 Å². The van der Waals surface area contributed by atoms with Crippen molar-refractivity contribution >= 4 is 39.3 Å². The first-order valence-electron chi connectivity index (χ1n) is 3.52. The van der Waals surface area contributed by atoms with Gasteiger partial charge in [-0.3, -0.25) is 9.89 Å². The number of fused-ring (bicyclic) bond motifs is 1. The average Bonchev–Trinajstić information content (AvgIpc) is 2.49. The van der Waals surface area contributed by atoms with Crippen LogP contribution in [-0.2, 0) is 0 Å². The number of H-pyrrole nitrogens is 1. The van der Waals surface area contributed by atoms with E-state index in [2.05, 4.69) is 10.2 Å². The molecule has 1 heterocycles. The van der Waals surface area contributed by atoms with Gasteiger partial charge in [0.05, 0.1) is 15.9 Å². The molecule has 0 fully saturated rings. The lowest BCUT2D eigenvalue weighted by Gasteiger charge is -1.92. The van der Waals surface area contributed by atoms with Crippen LogP contribution in [-0.4, -0.2) is 15.4 Å². The quantitative estimate of drug-likeness (QED) is 0.743. The van der Waals surface area contributed by atoms with E-state index in [1.807, 2.05) is 0 Å². The first-order chi connectivity index (χ1) is 6.20. The predicted molar refractivity (Wildman–Crippen MR) is 51.3 cm³/mol. The molecule has 1 N–H and O–H groups in total. The van der Waals surface area contributed by atoms with Crippen molar-refractivity contribution in [3.63, 3.8) is 0 Å². The summed E-state index contributed by atoms with van der Waals surface area (Å²) in [6.45, 7) is 0. The molecule has 0 unspecified atom stereocenters. The van der Waals surface area contributed by atoms with Gasteiger partial charge in [-0.25, -0.2) is 0 Å². The van der Waals surface area contributed by atoms with Gasteiger partial charge in [-0.05, 0) is 23.7 Å². The van der Waals surface area contributed by atoms with Crippen LogP contribution in [0.2, 0.25) is 5.02 Å². The van der Waals surface area contributed by atoms with Gasteiger partial charge in [0.1, 0.15) is 0 Å². The second kappa shape index (κ2) is 3.01. The number of benzene rings is 1. The second-order valence-electron chi connectivity index (χ2n) is 2.51. The summed E-state index contributed by atoms with van der Waals surface area (Å²) in [6.07, 6.45) is 0. The molecule has 0 spiro atoms. The topological polar surface area (TPSA) is 45.8 Å². The fraction of sp³-hybridized carbons (Fsp3) is 0. The van der Waals surface area contributed by atoms with E-state index >= 15 is 0 Å². The zero-order valence-corrected chi connectivity index (χ0v) is 7.86. The highest BCUT2D eigenvalue weighted by Gasteiger charge is 2.13. The van der Waals surface area contributed by atoms with Crippen molar-refractivity contribution in [1.82, 2.24) is 10.2 Å². The highest BCUT2D eigenvalue weighted by Crippen LogP contribution is 2.25. The number of aromatic amines is 1. The van der Waals surface area contributed by atoms with Gasteiger partial charge in [0.2, 0.25) is 0 Å². The number of halogens is 2. The van der Waals surface area contributed by atoms with Crippen LogP contribution >= 0.6 is 23.2 Å². The van der Waals surface area contributed by atoms with Crippen LogP contribution < -0.4 is 0 Å². The van der Waals surface area contributed by atoms with Crippen molar-refractivity contribution in [2.45, 2.75) is 0 Å². The summed E-state index contributed by atoms with van der Waals surface area (Å²) in [5, 5.41) is 6.86. The third-order valence-electron chi connectivity index (χ3n) is 1.72. The molecule has 0 saturated heterocycles. The minimum Gasteiger partial charge on any atom is -0.277 e. The molecule has 0 radical (unpaired) electrons. The summed E-state index contributed by atoms with van der Waals surface area (Å²) >= 11 is 11.2. The maximum atomic E-state index is 10.9. The van der Waals surface area contributed by atoms with Gasteiger partial charge < -0.3 is 0 Å². The Morgan fingerprint density at radius 2 is 2.23 bits per heavy atom. The molecule has 0 bridgehead atoms. The molecule has 0 atom stereocenters. The predicted octanol–water partition coefficient (Wildman–Crippen LogP) is 2.60. The van der Waals surface area contributed by atoms with E-state index in [0.717, 1.165) is 0 Å². The minimum absolute atomic E-state index is 0.169. The van der Waals surface area contributed by atoms with Crippen molar-refractivity contribution in [3.8, 4) is 0 Å². The Balaban J connectivity index is 2.86. The zero-order valence-electron chi connectivity index (χ0n) is 6.34. The largest absolute Gasteiger partial charge is 0.277 e. The van der Waals surface area contributed by atoms with Crippen molar-refractivity contribution in [3.05, 3.63) is 28.9 Å². The number of carbonyl (C=O) groups excluding carboxylic acids is 1. The van der Waals surface area contributed by atoms with E-state index in [1.54, 1.807) is 18.2 Å². The number of carbonyl (C=O) groups is 1. The second-order valence-corrected chi connectivity index (χ2v) is 3.26. The molecular formula is C8H4Cl2N2O. The third kappa shape index (κ3) is 1.30. The van der Waals surface area contributed by atoms with Gasteiger partial charge in [-0.1, -0.05) is 17.7 Å². The van der Waals surface area contributed by atoms with Crippen molar-refractivity contribution in [2.24, 2.45) is 0 Å². The maximum Gasteiger partial charge on any atom is 0.273 e. The smallest absolute Gasteiger partial charge is 0.273 e. The average molecular weight is 215 g/mol. The van der Waals surface area contributed by atoms with Crippen LogP contribution in [0.15, 0.2) is 18.2 Å². The number of nitrogens with one attached hydrogen (secondary N) is 1. The van der Waals surface area contributed by atoms with Gasteiger partial charge in [0, 0.05) is 0 Å². The van der Waals surface area contributed by atoms with Gasteiger partial charge >= 0.3 is 0 Å². The first kappa shape index (κ1) is 8.53. The summed E-state index contributed by atoms with van der Waals surface area (Å²) in [7, 11) is 0. The molecule has 13 heavy (non-hydrogen) atoms. The highest BCUT2D eigenvalue weighted by molar-refractivity contribution is 6.68. The molecule has 1 aromatic heterocycles. The van der Waals surface area contributed by atoms with E-state index < -0.39 is 5.24 Å². The van der Waals surface area contributed by atoms with Crippen molar-refractivity contribution in [1.29, 1.82) is 0 Å². The Bertz CT molecular complexity index is 478. The minimum atomic E-state index is -0.612. The molecule has 5 heteroatoms. The standard InChI is InChI=1S/C8H4Cl2N2O/c9-4-2-1-3-5-6(4)7(8(10)13)12-11-5/h1-3H,(H,11,12). The van der Waals surface area contributed by atoms with Gasteiger partial charge in [0.15, 0.2) is 5.69 Å². The van der Waals surface area contributed by atoms with E-state index in [-0.39, 0.29) is 5.69 Å². The molecular weight excluding hydrogens is 211 g/mol. The zero-order chi connectivity index (χ0) is 9.42. The van der Waals surface area contributed by atoms with Crippen LogP contribution in [0.1, 0.15) is 10.5 Å². The van der Waals surface area contributed by atoms with E-state index in [0.29, 0.717) is 15.9 Å². The lowest BCUT2D eigenvalue weighted by molar-refractivity contribution is 0.107. The highest BCUT2D eigenvalue weighted by atomic mass is 35.5. The number of nitrogens with zero attached hydrogens (tertiary/aromatic N) is 1. The monoisotopic (exact) mass is 214 g/mol. The first-order valence-corrected chi connectivity index (χ1v) is 4.28. The van der Waals surface area contributed by atoms with Crippen LogP contribution in [0.25, 0.3) is 10.9 Å². The number of hydrogen-bond acceptors (Lipinski definition) is 2. The summed E-state index contributed by atoms with van der Waals surface area (Å²) < 4.78 is 0. The van der Waals surface area contributed by atoms with Crippen LogP contribution in [0.5, 0.6) is 0 Å². The van der Waals surface area contributed by atoms with Gasteiger partial charge in [-0.2, -0.15) is 5.10 Å². The Hall–Kier alpha value is -1.06. The summed E-state index contributed by atoms with van der Waals surface area (Å²) in [4.78, 5) is 10.9. The van der Waals surface area contributed by atoms with Crippen molar-refractivity contribution in [2.75, 3.05) is 0 Å². The maximum absolute atomic E-state index is 10.9. The molecule has 2 aromatic rings. The van der Waals surface area contributed by atoms with Crippen LogP contribution in [0.3, 0.4) is 0 Å². The molecule has 0 aliphatic heterocycles. The summed E-state index contributed by atoms with van der Waals surface area (Å²) in [5.41, 5.74) is 0.874. The molecule has 1 aromatic carbocycles. The number of hydrogen-bond donors (Lipinski definition) is 1. The van der Waals surface area contributed by atoms with Crippen molar-refractivity contribution < 1.29 is 4.79 Å². The van der Waals surface area contributed by atoms with Crippen LogP contribution in [0, 0.1) is 0 Å². The molecule has 0 amide bonds. The fourth-order valence-electron chi connectivity index (χ4n) is 1.17. The molecule has 0 aliphatic carbocycles. The van der Waals surface area contributed by atoms with Crippen LogP contribution in [0.4, 0.5) is 0 Å². The molecule has 66 valence electrons. The normalized spacial score (nSPS) is 10.6. The Labute approximate surface area is 83.6 Å². The third-order valence-corrected chi connectivity index (χ3v) is 2.22. The number of aromatic nitrogens is 2. The summed E-state index contributed by atoms with van der Waals surface area (Å²) in [6, 6.07) is 5.23.